The second kappa shape index (κ2) is 10.7. The Kier molecular flexibility index (Phi) is 7.74. The second-order valence-electron chi connectivity index (χ2n) is 7.89. The van der Waals surface area contributed by atoms with E-state index in [2.05, 4.69) is 25.0 Å². The predicted molar refractivity (Wildman–Crippen MR) is 124 cm³/mol. The normalized spacial score (nSPS) is 20.5. The van der Waals surface area contributed by atoms with E-state index in [1.54, 1.807) is 41.3 Å². The minimum atomic E-state index is -0.865. The van der Waals surface area contributed by atoms with Crippen LogP contribution >= 0.6 is 0 Å². The number of benzene rings is 1. The number of carbonyl (C=O) groups is 1. The molecule has 3 atom stereocenters. The Balaban J connectivity index is 1.77. The SMILES string of the molecule is C=C(F)/C=C\C(=C)C(O)CCCC1C(=O)N(c2ccc(F)cc2)C1C1=CC(C#N)=CC=C=C1. The van der Waals surface area contributed by atoms with E-state index in [1.807, 2.05) is 0 Å². The van der Waals surface area contributed by atoms with Crippen LogP contribution in [0.15, 0.2) is 102 Å². The fraction of sp³-hybridized carbons (Fsp3) is 0.222. The van der Waals surface area contributed by atoms with Crippen LogP contribution in [-0.4, -0.2) is 23.2 Å². The van der Waals surface area contributed by atoms with Crippen molar-refractivity contribution in [3.05, 3.63) is 108 Å². The van der Waals surface area contributed by atoms with Crippen LogP contribution in [0.3, 0.4) is 0 Å². The van der Waals surface area contributed by atoms with Gasteiger partial charge < -0.3 is 10.0 Å². The Morgan fingerprint density at radius 2 is 2.03 bits per heavy atom. The molecule has 0 saturated carbocycles. The monoisotopic (exact) mass is 446 g/mol. The highest BCUT2D eigenvalue weighted by molar-refractivity contribution is 6.04. The number of aliphatic hydroxyl groups is 1. The molecule has 1 aliphatic heterocycles. The third kappa shape index (κ3) is 5.72. The maximum atomic E-state index is 13.4. The Bertz CT molecular complexity index is 1150. The van der Waals surface area contributed by atoms with Gasteiger partial charge in [-0.2, -0.15) is 5.26 Å². The van der Waals surface area contributed by atoms with Gasteiger partial charge in [0.05, 0.1) is 29.7 Å². The Morgan fingerprint density at radius 1 is 1.30 bits per heavy atom. The molecular weight excluding hydrogens is 422 g/mol. The number of nitriles is 1. The highest BCUT2D eigenvalue weighted by atomic mass is 19.1. The lowest BCUT2D eigenvalue weighted by molar-refractivity contribution is -0.129. The highest BCUT2D eigenvalue weighted by Gasteiger charge is 2.48. The van der Waals surface area contributed by atoms with Crippen LogP contribution in [0, 0.1) is 23.1 Å². The third-order valence-corrected chi connectivity index (χ3v) is 5.62. The van der Waals surface area contributed by atoms with Gasteiger partial charge in [0.15, 0.2) is 0 Å². The summed E-state index contributed by atoms with van der Waals surface area (Å²) < 4.78 is 26.2. The van der Waals surface area contributed by atoms with E-state index in [0.29, 0.717) is 36.1 Å². The molecule has 4 nitrogen and oxygen atoms in total. The van der Waals surface area contributed by atoms with Crippen LogP contribution < -0.4 is 4.90 Å². The average molecular weight is 446 g/mol. The van der Waals surface area contributed by atoms with Crippen LogP contribution in [0.4, 0.5) is 14.5 Å². The molecule has 1 amide bonds. The van der Waals surface area contributed by atoms with E-state index in [9.17, 15) is 23.9 Å². The van der Waals surface area contributed by atoms with Crippen LogP contribution in [-0.2, 0) is 4.79 Å². The molecule has 1 aromatic rings. The average Bonchev–Trinajstić information content (AvgIpc) is 3.04. The Labute approximate surface area is 192 Å². The second-order valence-corrected chi connectivity index (χ2v) is 7.89. The van der Waals surface area contributed by atoms with Crippen molar-refractivity contribution in [2.24, 2.45) is 5.92 Å². The lowest BCUT2D eigenvalue weighted by Gasteiger charge is -2.48. The van der Waals surface area contributed by atoms with Crippen molar-refractivity contribution in [3.8, 4) is 6.07 Å². The standard InChI is InChI=1S/C27H24F2N2O2/c1-18(10-11-19(2)28)25(32)9-5-8-24-26(21-7-4-3-6-20(16-21)17-30)31(27(24)33)23-14-12-22(29)13-15-23/h3,6-7,10-16,24-26,32H,1-2,5,8-9H2/b11-10-. The third-order valence-electron chi connectivity index (χ3n) is 5.62. The van der Waals surface area contributed by atoms with E-state index in [-0.39, 0.29) is 17.9 Å². The summed E-state index contributed by atoms with van der Waals surface area (Å²) in [5.41, 5.74) is 5.12. The molecule has 1 aliphatic carbocycles. The van der Waals surface area contributed by atoms with Crippen molar-refractivity contribution in [1.29, 1.82) is 5.26 Å². The van der Waals surface area contributed by atoms with E-state index in [0.717, 1.165) is 11.6 Å². The van der Waals surface area contributed by atoms with Crippen LogP contribution in [0.25, 0.3) is 0 Å². The first kappa shape index (κ1) is 23.9. The molecule has 1 heterocycles. The number of hydrogen-bond donors (Lipinski definition) is 1. The smallest absolute Gasteiger partial charge is 0.233 e. The zero-order valence-corrected chi connectivity index (χ0v) is 18.0. The van der Waals surface area contributed by atoms with Gasteiger partial charge in [-0.1, -0.05) is 19.2 Å². The molecule has 2 aliphatic rings. The summed E-state index contributed by atoms with van der Waals surface area (Å²) in [6, 6.07) is 7.45. The van der Waals surface area contributed by atoms with Crippen molar-refractivity contribution >= 4 is 11.6 Å². The molecule has 0 bridgehead atoms. The van der Waals surface area contributed by atoms with Gasteiger partial charge in [0.25, 0.3) is 0 Å². The van der Waals surface area contributed by atoms with Gasteiger partial charge in [0.1, 0.15) is 11.6 Å². The van der Waals surface area contributed by atoms with Gasteiger partial charge >= 0.3 is 0 Å². The van der Waals surface area contributed by atoms with Crippen LogP contribution in [0.2, 0.25) is 0 Å². The molecular formula is C27H24F2N2O2. The molecule has 0 radical (unpaired) electrons. The molecule has 1 N–H and O–H groups in total. The number of amides is 1. The molecule has 6 heteroatoms. The van der Waals surface area contributed by atoms with Crippen molar-refractivity contribution in [2.75, 3.05) is 4.90 Å². The van der Waals surface area contributed by atoms with E-state index >= 15 is 0 Å². The predicted octanol–water partition coefficient (Wildman–Crippen LogP) is 5.39. The van der Waals surface area contributed by atoms with Gasteiger partial charge in [0.2, 0.25) is 5.91 Å². The van der Waals surface area contributed by atoms with Gasteiger partial charge in [-0.15, -0.1) is 5.73 Å². The molecule has 33 heavy (non-hydrogen) atoms. The topological polar surface area (TPSA) is 64.3 Å². The first-order valence-corrected chi connectivity index (χ1v) is 10.5. The largest absolute Gasteiger partial charge is 0.388 e. The highest BCUT2D eigenvalue weighted by Crippen LogP contribution is 2.40. The minimum absolute atomic E-state index is 0.112. The molecule has 1 aromatic carbocycles. The van der Waals surface area contributed by atoms with Gasteiger partial charge in [-0.3, -0.25) is 4.79 Å². The van der Waals surface area contributed by atoms with Gasteiger partial charge in [0, 0.05) is 5.69 Å². The van der Waals surface area contributed by atoms with Crippen molar-refractivity contribution in [1.82, 2.24) is 0 Å². The summed E-state index contributed by atoms with van der Waals surface area (Å²) in [4.78, 5) is 14.7. The summed E-state index contributed by atoms with van der Waals surface area (Å²) in [7, 11) is 0. The van der Waals surface area contributed by atoms with Crippen molar-refractivity contribution in [2.45, 2.75) is 31.4 Å². The molecule has 3 unspecified atom stereocenters. The van der Waals surface area contributed by atoms with Gasteiger partial charge in [-0.25, -0.2) is 8.78 Å². The lowest BCUT2D eigenvalue weighted by Crippen LogP contribution is -2.62. The lowest BCUT2D eigenvalue weighted by atomic mass is 9.77. The number of allylic oxidation sites excluding steroid dienone is 5. The number of nitrogens with zero attached hydrogens (tertiary/aromatic N) is 2. The maximum absolute atomic E-state index is 13.4. The van der Waals surface area contributed by atoms with Crippen LogP contribution in [0.1, 0.15) is 19.3 Å². The zero-order valence-electron chi connectivity index (χ0n) is 18.0. The number of carbonyl (C=O) groups excluding carboxylic acids is 1. The summed E-state index contributed by atoms with van der Waals surface area (Å²) >= 11 is 0. The number of hydrogen-bond acceptors (Lipinski definition) is 3. The first-order valence-electron chi connectivity index (χ1n) is 10.5. The van der Waals surface area contributed by atoms with Crippen molar-refractivity contribution < 1.29 is 18.7 Å². The number of aliphatic hydroxyl groups excluding tert-OH is 1. The molecule has 1 fully saturated rings. The van der Waals surface area contributed by atoms with Gasteiger partial charge in [-0.05, 0) is 85.1 Å². The summed E-state index contributed by atoms with van der Waals surface area (Å²) in [6.07, 6.45) is 9.77. The molecule has 0 aromatic heterocycles. The number of rotatable bonds is 9. The fourth-order valence-electron chi connectivity index (χ4n) is 3.92. The summed E-state index contributed by atoms with van der Waals surface area (Å²) in [5, 5.41) is 19.6. The maximum Gasteiger partial charge on any atom is 0.233 e. The van der Waals surface area contributed by atoms with Crippen molar-refractivity contribution in [3.63, 3.8) is 0 Å². The van der Waals surface area contributed by atoms with E-state index in [1.165, 1.54) is 18.2 Å². The van der Waals surface area contributed by atoms with Crippen LogP contribution in [0.5, 0.6) is 0 Å². The number of β-lactam (4-membered cyclic amide) rings is 1. The molecule has 0 spiro atoms. The van der Waals surface area contributed by atoms with E-state index < -0.39 is 17.7 Å². The minimum Gasteiger partial charge on any atom is -0.388 e. The zero-order chi connectivity index (χ0) is 24.0. The number of anilines is 1. The quantitative estimate of drug-likeness (QED) is 0.314. The Hall–Kier alpha value is -3.78. The fourth-order valence-corrected chi connectivity index (χ4v) is 3.92. The molecule has 1 saturated heterocycles. The number of halogens is 2. The molecule has 3 rings (SSSR count). The molecule has 168 valence electrons. The van der Waals surface area contributed by atoms with E-state index in [4.69, 9.17) is 0 Å². The first-order chi connectivity index (χ1) is 15.8. The summed E-state index contributed by atoms with van der Waals surface area (Å²) in [5.74, 6) is -1.51. The summed E-state index contributed by atoms with van der Waals surface area (Å²) in [6.45, 7) is 6.86. The Morgan fingerprint density at radius 3 is 2.70 bits per heavy atom.